The van der Waals surface area contributed by atoms with Crippen LogP contribution in [0.1, 0.15) is 24.4 Å². The van der Waals surface area contributed by atoms with Gasteiger partial charge in [0.05, 0.1) is 0 Å². The van der Waals surface area contributed by atoms with Crippen molar-refractivity contribution in [3.63, 3.8) is 0 Å². The van der Waals surface area contributed by atoms with Gasteiger partial charge in [0, 0.05) is 14.1 Å². The van der Waals surface area contributed by atoms with Gasteiger partial charge in [0.2, 0.25) is 5.91 Å². The number of furan rings is 1. The molecule has 1 amide bonds. The van der Waals surface area contributed by atoms with Gasteiger partial charge in [0.1, 0.15) is 16.9 Å². The minimum Gasteiger partial charge on any atom is -0.465 e. The topological polar surface area (TPSA) is 45.5 Å². The third-order valence-electron chi connectivity index (χ3n) is 2.72. The van der Waals surface area contributed by atoms with Crippen molar-refractivity contribution < 1.29 is 9.21 Å². The molecule has 0 spiro atoms. The summed E-state index contributed by atoms with van der Waals surface area (Å²) in [5, 5.41) is 1.66. The lowest BCUT2D eigenvalue weighted by atomic mass is 10.0. The predicted octanol–water partition coefficient (Wildman–Crippen LogP) is 1.21. The van der Waals surface area contributed by atoms with Crippen molar-refractivity contribution in [1.29, 1.82) is 0 Å². The van der Waals surface area contributed by atoms with Gasteiger partial charge in [-0.1, -0.05) is 0 Å². The van der Waals surface area contributed by atoms with Crippen LogP contribution in [0.4, 0.5) is 0 Å². The molecule has 1 aliphatic carbocycles. The quantitative estimate of drug-likeness (QED) is 0.759. The molecule has 1 aliphatic rings. The maximum Gasteiger partial charge on any atom is 0.248 e. The zero-order valence-corrected chi connectivity index (χ0v) is 9.33. The van der Waals surface area contributed by atoms with Gasteiger partial charge in [0.15, 0.2) is 0 Å². The number of carbonyl (C=O) groups excluding carboxylic acids is 1. The number of amides is 1. The van der Waals surface area contributed by atoms with Crippen molar-refractivity contribution >= 4 is 5.91 Å². The average molecular weight is 208 g/mol. The Morgan fingerprint density at radius 3 is 2.53 bits per heavy atom. The van der Waals surface area contributed by atoms with Gasteiger partial charge >= 0.3 is 0 Å². The molecule has 15 heavy (non-hydrogen) atoms. The first kappa shape index (κ1) is 10.2. The van der Waals surface area contributed by atoms with Crippen LogP contribution in [0.25, 0.3) is 0 Å². The van der Waals surface area contributed by atoms with Crippen molar-refractivity contribution in [1.82, 2.24) is 10.4 Å². The second kappa shape index (κ2) is 3.38. The Kier molecular flexibility index (Phi) is 2.31. The molecule has 0 aromatic carbocycles. The molecule has 1 aromatic heterocycles. The van der Waals surface area contributed by atoms with Crippen molar-refractivity contribution in [2.24, 2.45) is 0 Å². The van der Waals surface area contributed by atoms with Crippen LogP contribution in [0.5, 0.6) is 0 Å². The molecule has 2 rings (SSSR count). The Morgan fingerprint density at radius 2 is 2.13 bits per heavy atom. The molecule has 1 N–H and O–H groups in total. The van der Waals surface area contributed by atoms with Gasteiger partial charge in [-0.3, -0.25) is 10.2 Å². The SMILES string of the molecule is Cc1ccc(C2(C(=O)NN(C)C)CC2)o1. The number of aryl methyl sites for hydroxylation is 1. The molecule has 1 fully saturated rings. The summed E-state index contributed by atoms with van der Waals surface area (Å²) in [6, 6.07) is 3.80. The Morgan fingerprint density at radius 1 is 1.47 bits per heavy atom. The fourth-order valence-corrected chi connectivity index (χ4v) is 1.71. The summed E-state index contributed by atoms with van der Waals surface area (Å²) in [5.74, 6) is 1.68. The predicted molar refractivity (Wildman–Crippen MR) is 56.2 cm³/mol. The molecule has 0 saturated heterocycles. The lowest BCUT2D eigenvalue weighted by molar-refractivity contribution is -0.127. The first-order valence-corrected chi connectivity index (χ1v) is 5.10. The van der Waals surface area contributed by atoms with Crippen molar-refractivity contribution in [2.45, 2.75) is 25.2 Å². The van der Waals surface area contributed by atoms with Crippen LogP contribution in [0, 0.1) is 6.92 Å². The summed E-state index contributed by atoms with van der Waals surface area (Å²) in [7, 11) is 3.61. The Hall–Kier alpha value is -1.29. The van der Waals surface area contributed by atoms with E-state index in [1.807, 2.05) is 19.1 Å². The number of hydrogen-bond donors (Lipinski definition) is 1. The van der Waals surface area contributed by atoms with Crippen LogP contribution in [-0.4, -0.2) is 25.0 Å². The van der Waals surface area contributed by atoms with Crippen molar-refractivity contribution in [2.75, 3.05) is 14.1 Å². The summed E-state index contributed by atoms with van der Waals surface area (Å²) >= 11 is 0. The van der Waals surface area contributed by atoms with Gasteiger partial charge in [0.25, 0.3) is 0 Å². The highest BCUT2D eigenvalue weighted by molar-refractivity contribution is 5.90. The zero-order chi connectivity index (χ0) is 11.1. The van der Waals surface area contributed by atoms with Gasteiger partial charge in [-0.05, 0) is 31.9 Å². The number of carbonyl (C=O) groups is 1. The van der Waals surface area contributed by atoms with Crippen LogP contribution in [0.15, 0.2) is 16.5 Å². The number of nitrogens with one attached hydrogen (secondary N) is 1. The third kappa shape index (κ3) is 1.77. The van der Waals surface area contributed by atoms with Gasteiger partial charge in [-0.2, -0.15) is 0 Å². The highest BCUT2D eigenvalue weighted by Gasteiger charge is 2.54. The molecule has 1 aromatic rings. The van der Waals surface area contributed by atoms with E-state index in [-0.39, 0.29) is 5.91 Å². The molecule has 1 saturated carbocycles. The Labute approximate surface area is 89.2 Å². The molecule has 1 heterocycles. The minimum absolute atomic E-state index is 0.0295. The van der Waals surface area contributed by atoms with Crippen molar-refractivity contribution in [3.8, 4) is 0 Å². The third-order valence-corrected chi connectivity index (χ3v) is 2.72. The molecule has 0 unspecified atom stereocenters. The Balaban J connectivity index is 2.17. The molecule has 4 nitrogen and oxygen atoms in total. The fraction of sp³-hybridized carbons (Fsp3) is 0.545. The fourth-order valence-electron chi connectivity index (χ4n) is 1.71. The normalized spacial score (nSPS) is 17.9. The van der Waals surface area contributed by atoms with Gasteiger partial charge in [-0.25, -0.2) is 5.01 Å². The maximum absolute atomic E-state index is 11.9. The van der Waals surface area contributed by atoms with E-state index in [4.69, 9.17) is 4.42 Å². The van der Waals surface area contributed by atoms with Crippen LogP contribution in [-0.2, 0) is 10.2 Å². The van der Waals surface area contributed by atoms with Gasteiger partial charge < -0.3 is 4.42 Å². The molecule has 0 radical (unpaired) electrons. The molecule has 0 aliphatic heterocycles. The largest absolute Gasteiger partial charge is 0.465 e. The number of hydrazine groups is 1. The lowest BCUT2D eigenvalue weighted by Gasteiger charge is -2.17. The second-order valence-electron chi connectivity index (χ2n) is 4.33. The highest BCUT2D eigenvalue weighted by atomic mass is 16.3. The smallest absolute Gasteiger partial charge is 0.248 e. The van der Waals surface area contributed by atoms with E-state index < -0.39 is 5.41 Å². The van der Waals surface area contributed by atoms with Gasteiger partial charge in [-0.15, -0.1) is 0 Å². The molecule has 82 valence electrons. The molecular formula is C11H16N2O2. The molecule has 0 atom stereocenters. The van der Waals surface area contributed by atoms with E-state index in [2.05, 4.69) is 5.43 Å². The second-order valence-corrected chi connectivity index (χ2v) is 4.33. The Bertz CT molecular complexity index is 378. The minimum atomic E-state index is -0.404. The molecule has 4 heteroatoms. The standard InChI is InChI=1S/C11H16N2O2/c1-8-4-5-9(15-8)11(6-7-11)10(14)12-13(2)3/h4-5H,6-7H2,1-3H3,(H,12,14). The first-order valence-electron chi connectivity index (χ1n) is 5.10. The zero-order valence-electron chi connectivity index (χ0n) is 9.33. The van der Waals surface area contributed by atoms with E-state index in [9.17, 15) is 4.79 Å². The number of rotatable bonds is 3. The monoisotopic (exact) mass is 208 g/mol. The summed E-state index contributed by atoms with van der Waals surface area (Å²) in [4.78, 5) is 11.9. The molecular weight excluding hydrogens is 192 g/mol. The van der Waals surface area contributed by atoms with Crippen LogP contribution in [0.2, 0.25) is 0 Å². The average Bonchev–Trinajstić information content (AvgIpc) is 2.84. The summed E-state index contributed by atoms with van der Waals surface area (Å²) < 4.78 is 5.53. The van der Waals surface area contributed by atoms with E-state index in [0.29, 0.717) is 0 Å². The van der Waals surface area contributed by atoms with E-state index >= 15 is 0 Å². The van der Waals surface area contributed by atoms with Crippen molar-refractivity contribution in [3.05, 3.63) is 23.7 Å². The van der Waals surface area contributed by atoms with Crippen LogP contribution in [0.3, 0.4) is 0 Å². The maximum atomic E-state index is 11.9. The van der Waals surface area contributed by atoms with Crippen LogP contribution < -0.4 is 5.43 Å². The summed E-state index contributed by atoms with van der Waals surface area (Å²) in [6.45, 7) is 1.89. The number of hydrogen-bond acceptors (Lipinski definition) is 3. The summed E-state index contributed by atoms with van der Waals surface area (Å²) in [6.07, 6.45) is 1.75. The summed E-state index contributed by atoms with van der Waals surface area (Å²) in [5.41, 5.74) is 2.38. The van der Waals surface area contributed by atoms with E-state index in [0.717, 1.165) is 24.4 Å². The number of nitrogens with zero attached hydrogens (tertiary/aromatic N) is 1. The lowest BCUT2D eigenvalue weighted by Crippen LogP contribution is -2.42. The van der Waals surface area contributed by atoms with E-state index in [1.165, 1.54) is 0 Å². The van der Waals surface area contributed by atoms with E-state index in [1.54, 1.807) is 19.1 Å². The first-order chi connectivity index (χ1) is 7.04. The highest BCUT2D eigenvalue weighted by Crippen LogP contribution is 2.48. The molecule has 0 bridgehead atoms. The van der Waals surface area contributed by atoms with Crippen LogP contribution >= 0.6 is 0 Å².